The molecule has 0 saturated heterocycles. The third-order valence-electron chi connectivity index (χ3n) is 5.92. The lowest BCUT2D eigenvalue weighted by Gasteiger charge is -2.17. The summed E-state index contributed by atoms with van der Waals surface area (Å²) in [6.45, 7) is 6.19. The van der Waals surface area contributed by atoms with Gasteiger partial charge in [-0.2, -0.15) is 9.78 Å². The Morgan fingerprint density at radius 1 is 0.914 bits per heavy atom. The molecule has 3 aromatic carbocycles. The van der Waals surface area contributed by atoms with Crippen molar-refractivity contribution >= 4 is 17.1 Å². The van der Waals surface area contributed by atoms with Gasteiger partial charge in [-0.3, -0.25) is 4.79 Å². The first-order valence-corrected chi connectivity index (χ1v) is 11.3. The molecule has 0 unspecified atom stereocenters. The van der Waals surface area contributed by atoms with Crippen molar-refractivity contribution in [2.24, 2.45) is 5.10 Å². The van der Waals surface area contributed by atoms with E-state index in [1.54, 1.807) is 45.7 Å². The molecule has 0 saturated carbocycles. The smallest absolute Gasteiger partial charge is 0.282 e. The summed E-state index contributed by atoms with van der Waals surface area (Å²) in [5.74, 6) is 2.69. The van der Waals surface area contributed by atoms with Gasteiger partial charge in [0, 0.05) is 5.56 Å². The summed E-state index contributed by atoms with van der Waals surface area (Å²) >= 11 is 0. The Balaban J connectivity index is 1.95. The van der Waals surface area contributed by atoms with E-state index in [0.717, 1.165) is 28.0 Å². The number of benzene rings is 3. The van der Waals surface area contributed by atoms with Crippen LogP contribution in [0.2, 0.25) is 0 Å². The van der Waals surface area contributed by atoms with Crippen LogP contribution in [0.3, 0.4) is 0 Å². The molecule has 35 heavy (non-hydrogen) atoms. The fraction of sp³-hybridized carbons (Fsp3) is 0.250. The number of nitrogens with zero attached hydrogens (tertiary/aromatic N) is 3. The van der Waals surface area contributed by atoms with E-state index in [4.69, 9.17) is 19.2 Å². The van der Waals surface area contributed by atoms with Gasteiger partial charge in [-0.1, -0.05) is 26.0 Å². The van der Waals surface area contributed by atoms with Crippen molar-refractivity contribution in [3.05, 3.63) is 81.6 Å². The van der Waals surface area contributed by atoms with Crippen LogP contribution in [0, 0.1) is 6.92 Å². The van der Waals surface area contributed by atoms with Crippen LogP contribution in [-0.4, -0.2) is 37.2 Å². The zero-order chi connectivity index (χ0) is 25.1. The first kappa shape index (κ1) is 24.0. The van der Waals surface area contributed by atoms with Gasteiger partial charge in [0.05, 0.1) is 38.4 Å². The van der Waals surface area contributed by atoms with Crippen LogP contribution in [0.15, 0.2) is 64.5 Å². The highest BCUT2D eigenvalue weighted by atomic mass is 16.5. The number of aromatic nitrogens is 2. The van der Waals surface area contributed by atoms with Crippen molar-refractivity contribution < 1.29 is 14.2 Å². The maximum absolute atomic E-state index is 13.6. The van der Waals surface area contributed by atoms with Gasteiger partial charge in [0.2, 0.25) is 0 Å². The van der Waals surface area contributed by atoms with Gasteiger partial charge in [-0.25, -0.2) is 4.98 Å². The van der Waals surface area contributed by atoms with Crippen LogP contribution in [0.25, 0.3) is 22.3 Å². The maximum atomic E-state index is 13.6. The number of hydrogen-bond donors (Lipinski definition) is 0. The Morgan fingerprint density at radius 2 is 1.63 bits per heavy atom. The summed E-state index contributed by atoms with van der Waals surface area (Å²) in [6.07, 6.45) is 1.62. The summed E-state index contributed by atoms with van der Waals surface area (Å²) in [5.41, 5.74) is 3.91. The number of ether oxygens (including phenoxy) is 3. The predicted molar refractivity (Wildman–Crippen MR) is 139 cm³/mol. The number of hydrogen-bond acceptors (Lipinski definition) is 6. The predicted octanol–water partition coefficient (Wildman–Crippen LogP) is 5.40. The van der Waals surface area contributed by atoms with Crippen LogP contribution in [0.1, 0.15) is 36.5 Å². The first-order chi connectivity index (χ1) is 16.9. The molecule has 0 radical (unpaired) electrons. The van der Waals surface area contributed by atoms with E-state index in [1.165, 1.54) is 4.68 Å². The first-order valence-electron chi connectivity index (χ1n) is 11.3. The van der Waals surface area contributed by atoms with Crippen molar-refractivity contribution in [1.82, 2.24) is 9.66 Å². The summed E-state index contributed by atoms with van der Waals surface area (Å²) in [5, 5.41) is 5.08. The molecular weight excluding hydrogens is 442 g/mol. The van der Waals surface area contributed by atoms with Crippen molar-refractivity contribution in [3.8, 4) is 28.6 Å². The molecule has 0 fully saturated rings. The average Bonchev–Trinajstić information content (AvgIpc) is 2.87. The molecule has 0 N–H and O–H groups in total. The Hall–Kier alpha value is -4.13. The highest BCUT2D eigenvalue weighted by Gasteiger charge is 2.18. The summed E-state index contributed by atoms with van der Waals surface area (Å²) in [7, 11) is 4.83. The Morgan fingerprint density at radius 3 is 2.31 bits per heavy atom. The van der Waals surface area contributed by atoms with Gasteiger partial charge in [0.1, 0.15) is 5.75 Å². The molecule has 4 aromatic rings. The highest BCUT2D eigenvalue weighted by Crippen LogP contribution is 2.34. The van der Waals surface area contributed by atoms with Crippen molar-refractivity contribution in [3.63, 3.8) is 0 Å². The van der Waals surface area contributed by atoms with Crippen molar-refractivity contribution in [1.29, 1.82) is 0 Å². The van der Waals surface area contributed by atoms with Gasteiger partial charge < -0.3 is 14.2 Å². The molecule has 0 amide bonds. The van der Waals surface area contributed by atoms with Gasteiger partial charge in [-0.15, -0.1) is 0 Å². The minimum Gasteiger partial charge on any atom is -0.496 e. The Bertz CT molecular complexity index is 1470. The fourth-order valence-corrected chi connectivity index (χ4v) is 4.03. The molecule has 0 aliphatic rings. The van der Waals surface area contributed by atoms with E-state index >= 15 is 0 Å². The average molecular weight is 472 g/mol. The third kappa shape index (κ3) is 4.62. The van der Waals surface area contributed by atoms with E-state index in [-0.39, 0.29) is 11.5 Å². The number of fused-ring (bicyclic) bond motifs is 1. The van der Waals surface area contributed by atoms with Gasteiger partial charge in [0.25, 0.3) is 5.56 Å². The van der Waals surface area contributed by atoms with Gasteiger partial charge in [-0.05, 0) is 72.0 Å². The molecule has 7 nitrogen and oxygen atoms in total. The topological polar surface area (TPSA) is 74.9 Å². The summed E-state index contributed by atoms with van der Waals surface area (Å²) in [4.78, 5) is 18.4. The van der Waals surface area contributed by atoms with Crippen LogP contribution >= 0.6 is 0 Å². The lowest BCUT2D eigenvalue weighted by atomic mass is 9.96. The highest BCUT2D eigenvalue weighted by molar-refractivity contribution is 5.83. The van der Waals surface area contributed by atoms with E-state index in [9.17, 15) is 4.79 Å². The molecule has 0 spiro atoms. The zero-order valence-corrected chi connectivity index (χ0v) is 20.8. The molecule has 0 bridgehead atoms. The second kappa shape index (κ2) is 10.0. The summed E-state index contributed by atoms with van der Waals surface area (Å²) in [6, 6.07) is 16.8. The molecule has 4 rings (SSSR count). The lowest BCUT2D eigenvalue weighted by Crippen LogP contribution is -2.20. The van der Waals surface area contributed by atoms with Crippen LogP contribution in [0.4, 0.5) is 0 Å². The standard InChI is InChI=1S/C28H29N3O4/c1-17(2)21-15-22(18(3)13-25(21)34-5)27-30-23-10-8-7-9-20(23)28(32)31(27)29-16-19-11-12-24(33-4)26(14-19)35-6/h7-17H,1-6H3. The van der Waals surface area contributed by atoms with Crippen LogP contribution in [-0.2, 0) is 0 Å². The Kier molecular flexibility index (Phi) is 6.87. The Labute approximate surface area is 204 Å². The second-order valence-corrected chi connectivity index (χ2v) is 8.49. The normalized spacial score (nSPS) is 11.4. The minimum absolute atomic E-state index is 0.222. The third-order valence-corrected chi connectivity index (χ3v) is 5.92. The summed E-state index contributed by atoms with van der Waals surface area (Å²) < 4.78 is 17.7. The maximum Gasteiger partial charge on any atom is 0.282 e. The van der Waals surface area contributed by atoms with Gasteiger partial charge in [0.15, 0.2) is 17.3 Å². The van der Waals surface area contributed by atoms with Crippen molar-refractivity contribution in [2.45, 2.75) is 26.7 Å². The zero-order valence-electron chi connectivity index (χ0n) is 20.8. The fourth-order valence-electron chi connectivity index (χ4n) is 4.03. The van der Waals surface area contributed by atoms with Crippen LogP contribution in [0.5, 0.6) is 17.2 Å². The lowest BCUT2D eigenvalue weighted by molar-refractivity contribution is 0.355. The van der Waals surface area contributed by atoms with E-state index < -0.39 is 0 Å². The number of para-hydroxylation sites is 1. The van der Waals surface area contributed by atoms with Crippen LogP contribution < -0.4 is 19.8 Å². The van der Waals surface area contributed by atoms with E-state index in [1.807, 2.05) is 43.3 Å². The minimum atomic E-state index is -0.247. The van der Waals surface area contributed by atoms with Crippen molar-refractivity contribution in [2.75, 3.05) is 21.3 Å². The molecule has 1 heterocycles. The number of aryl methyl sites for hydroxylation is 1. The second-order valence-electron chi connectivity index (χ2n) is 8.49. The van der Waals surface area contributed by atoms with E-state index in [2.05, 4.69) is 18.9 Å². The molecular formula is C28H29N3O4. The van der Waals surface area contributed by atoms with E-state index in [0.29, 0.717) is 28.2 Å². The number of rotatable bonds is 7. The molecule has 7 heteroatoms. The largest absolute Gasteiger partial charge is 0.496 e. The molecule has 0 atom stereocenters. The van der Waals surface area contributed by atoms with Gasteiger partial charge >= 0.3 is 0 Å². The number of methoxy groups -OCH3 is 3. The molecule has 0 aliphatic heterocycles. The molecule has 180 valence electrons. The molecule has 1 aromatic heterocycles. The monoisotopic (exact) mass is 471 g/mol. The quantitative estimate of drug-likeness (QED) is 0.337. The SMILES string of the molecule is COc1ccc(C=Nn2c(-c3cc(C(C)C)c(OC)cc3C)nc3ccccc3c2=O)cc1OC. The molecule has 0 aliphatic carbocycles.